The van der Waals surface area contributed by atoms with Gasteiger partial charge in [-0.2, -0.15) is 0 Å². The first-order valence-electron chi connectivity index (χ1n) is 8.88. The lowest BCUT2D eigenvalue weighted by atomic mass is 10.1. The van der Waals surface area contributed by atoms with Crippen molar-refractivity contribution in [3.63, 3.8) is 0 Å². The Hall–Kier alpha value is -3.54. The summed E-state index contributed by atoms with van der Waals surface area (Å²) < 4.78 is 13.8. The zero-order valence-electron chi connectivity index (χ0n) is 15.4. The lowest BCUT2D eigenvalue weighted by Crippen LogP contribution is -2.26. The number of amides is 2. The molecule has 2 amide bonds. The van der Waals surface area contributed by atoms with E-state index in [2.05, 4.69) is 15.6 Å². The molecule has 0 spiro atoms. The predicted molar refractivity (Wildman–Crippen MR) is 106 cm³/mol. The molecule has 3 rings (SSSR count). The van der Waals surface area contributed by atoms with Gasteiger partial charge in [0.2, 0.25) is 0 Å². The highest BCUT2D eigenvalue weighted by molar-refractivity contribution is 6.05. The Kier molecular flexibility index (Phi) is 6.11. The van der Waals surface area contributed by atoms with E-state index in [1.807, 2.05) is 12.1 Å². The Morgan fingerprint density at radius 3 is 2.61 bits per heavy atom. The predicted octanol–water partition coefficient (Wildman–Crippen LogP) is 3.75. The molecule has 0 atom stereocenters. The molecule has 1 aromatic heterocycles. The number of hydrogen-bond donors (Lipinski definition) is 2. The fraction of sp³-hybridized carbons (Fsp3) is 0.136. The fourth-order valence-electron chi connectivity index (χ4n) is 2.70. The summed E-state index contributed by atoms with van der Waals surface area (Å²) in [7, 11) is 0. The summed E-state index contributed by atoms with van der Waals surface area (Å²) in [5.74, 6) is -1.40. The summed E-state index contributed by atoms with van der Waals surface area (Å²) in [5, 5.41) is 5.53. The third kappa shape index (κ3) is 4.79. The zero-order valence-corrected chi connectivity index (χ0v) is 15.4. The molecule has 2 aromatic carbocycles. The average Bonchev–Trinajstić information content (AvgIpc) is 2.70. The van der Waals surface area contributed by atoms with E-state index in [4.69, 9.17) is 0 Å². The van der Waals surface area contributed by atoms with Crippen LogP contribution in [0.15, 0.2) is 67.0 Å². The minimum atomic E-state index is -0.595. The number of aromatic nitrogens is 1. The van der Waals surface area contributed by atoms with Gasteiger partial charge in [-0.15, -0.1) is 0 Å². The van der Waals surface area contributed by atoms with Crippen LogP contribution >= 0.6 is 0 Å². The van der Waals surface area contributed by atoms with Crippen molar-refractivity contribution in [3.8, 4) is 0 Å². The van der Waals surface area contributed by atoms with Crippen LogP contribution in [-0.2, 0) is 6.42 Å². The third-order valence-electron chi connectivity index (χ3n) is 4.29. The number of pyridine rings is 1. The van der Waals surface area contributed by atoms with E-state index >= 15 is 0 Å². The third-order valence-corrected chi connectivity index (χ3v) is 4.29. The second-order valence-electron chi connectivity index (χ2n) is 6.33. The van der Waals surface area contributed by atoms with Gasteiger partial charge in [0.15, 0.2) is 0 Å². The van der Waals surface area contributed by atoms with Gasteiger partial charge in [-0.25, -0.2) is 4.39 Å². The minimum Gasteiger partial charge on any atom is -0.352 e. The van der Waals surface area contributed by atoms with Crippen LogP contribution in [-0.4, -0.2) is 23.3 Å². The van der Waals surface area contributed by atoms with Gasteiger partial charge in [-0.05, 0) is 54.8 Å². The number of hydrogen-bond acceptors (Lipinski definition) is 3. The van der Waals surface area contributed by atoms with Crippen molar-refractivity contribution in [3.05, 3.63) is 95.1 Å². The molecular formula is C22H20FN3O2. The van der Waals surface area contributed by atoms with Crippen LogP contribution < -0.4 is 10.6 Å². The zero-order chi connectivity index (χ0) is 19.9. The lowest BCUT2D eigenvalue weighted by molar-refractivity contribution is 0.0952. The van der Waals surface area contributed by atoms with Crippen molar-refractivity contribution in [1.82, 2.24) is 10.3 Å². The number of halogens is 1. The van der Waals surface area contributed by atoms with Crippen molar-refractivity contribution >= 4 is 17.5 Å². The monoisotopic (exact) mass is 377 g/mol. The van der Waals surface area contributed by atoms with Crippen LogP contribution in [0.3, 0.4) is 0 Å². The molecule has 6 heteroatoms. The quantitative estimate of drug-likeness (QED) is 0.687. The topological polar surface area (TPSA) is 71.1 Å². The highest BCUT2D eigenvalue weighted by atomic mass is 19.1. The number of aryl methyl sites for hydroxylation is 1. The number of anilines is 1. The van der Waals surface area contributed by atoms with E-state index in [-0.39, 0.29) is 11.5 Å². The Balaban J connectivity index is 1.66. The maximum Gasteiger partial charge on any atom is 0.258 e. The highest BCUT2D eigenvalue weighted by Crippen LogP contribution is 2.19. The molecule has 0 unspecified atom stereocenters. The molecule has 0 bridgehead atoms. The Labute approximate surface area is 162 Å². The first kappa shape index (κ1) is 19.2. The molecule has 5 nitrogen and oxygen atoms in total. The van der Waals surface area contributed by atoms with Gasteiger partial charge in [0.05, 0.1) is 5.56 Å². The molecule has 2 N–H and O–H groups in total. The molecule has 28 heavy (non-hydrogen) atoms. The largest absolute Gasteiger partial charge is 0.352 e. The van der Waals surface area contributed by atoms with E-state index in [0.29, 0.717) is 24.2 Å². The maximum atomic E-state index is 13.8. The number of nitrogens with zero attached hydrogens (tertiary/aromatic N) is 1. The molecule has 1 heterocycles. The SMILES string of the molecule is Cc1ccc(C(=O)NCCc2cccnc2)cc1NC(=O)c1ccccc1F. The van der Waals surface area contributed by atoms with Gasteiger partial charge in [0.25, 0.3) is 11.8 Å². The van der Waals surface area contributed by atoms with Crippen LogP contribution in [0.5, 0.6) is 0 Å². The van der Waals surface area contributed by atoms with Crippen LogP contribution in [0.2, 0.25) is 0 Å². The molecule has 0 saturated carbocycles. The first-order valence-corrected chi connectivity index (χ1v) is 8.88. The van der Waals surface area contributed by atoms with Gasteiger partial charge in [0.1, 0.15) is 5.82 Å². The molecule has 142 valence electrons. The molecule has 0 aliphatic heterocycles. The Morgan fingerprint density at radius 1 is 1.04 bits per heavy atom. The van der Waals surface area contributed by atoms with Crippen LogP contribution in [0.4, 0.5) is 10.1 Å². The number of benzene rings is 2. The summed E-state index contributed by atoms with van der Waals surface area (Å²) in [5.41, 5.74) is 2.64. The summed E-state index contributed by atoms with van der Waals surface area (Å²) in [6.45, 7) is 2.27. The maximum absolute atomic E-state index is 13.8. The van der Waals surface area contributed by atoms with Crippen molar-refractivity contribution < 1.29 is 14.0 Å². The van der Waals surface area contributed by atoms with E-state index in [1.54, 1.807) is 43.6 Å². The summed E-state index contributed by atoms with van der Waals surface area (Å²) in [6, 6.07) is 14.6. The van der Waals surface area contributed by atoms with E-state index < -0.39 is 11.7 Å². The molecule has 3 aromatic rings. The normalized spacial score (nSPS) is 10.4. The van der Waals surface area contributed by atoms with Gasteiger partial charge >= 0.3 is 0 Å². The Bertz CT molecular complexity index is 990. The van der Waals surface area contributed by atoms with Gasteiger partial charge in [-0.1, -0.05) is 24.3 Å². The summed E-state index contributed by atoms with van der Waals surface area (Å²) in [6.07, 6.45) is 4.13. The van der Waals surface area contributed by atoms with Crippen molar-refractivity contribution in [2.45, 2.75) is 13.3 Å². The molecular weight excluding hydrogens is 357 g/mol. The standard InChI is InChI=1S/C22H20FN3O2/c1-15-8-9-17(21(27)25-12-10-16-5-4-11-24-14-16)13-20(15)26-22(28)18-6-2-3-7-19(18)23/h2-9,11,13-14H,10,12H2,1H3,(H,25,27)(H,26,28). The number of nitrogens with one attached hydrogen (secondary N) is 2. The Morgan fingerprint density at radius 2 is 1.86 bits per heavy atom. The second kappa shape index (κ2) is 8.90. The molecule has 0 fully saturated rings. The van der Waals surface area contributed by atoms with Gasteiger partial charge in [0, 0.05) is 30.2 Å². The highest BCUT2D eigenvalue weighted by Gasteiger charge is 2.14. The van der Waals surface area contributed by atoms with Crippen LogP contribution in [0.25, 0.3) is 0 Å². The van der Waals surface area contributed by atoms with E-state index in [9.17, 15) is 14.0 Å². The van der Waals surface area contributed by atoms with Crippen molar-refractivity contribution in [1.29, 1.82) is 0 Å². The molecule has 0 saturated heterocycles. The summed E-state index contributed by atoms with van der Waals surface area (Å²) >= 11 is 0. The van der Waals surface area contributed by atoms with Crippen molar-refractivity contribution in [2.75, 3.05) is 11.9 Å². The van der Waals surface area contributed by atoms with Crippen LogP contribution in [0.1, 0.15) is 31.8 Å². The molecule has 0 aliphatic rings. The molecule has 0 aliphatic carbocycles. The lowest BCUT2D eigenvalue weighted by Gasteiger charge is -2.11. The van der Waals surface area contributed by atoms with Gasteiger partial charge < -0.3 is 10.6 Å². The average molecular weight is 377 g/mol. The van der Waals surface area contributed by atoms with Crippen LogP contribution in [0, 0.1) is 12.7 Å². The van der Waals surface area contributed by atoms with Crippen molar-refractivity contribution in [2.24, 2.45) is 0 Å². The molecule has 0 radical (unpaired) electrons. The second-order valence-corrected chi connectivity index (χ2v) is 6.33. The summed E-state index contributed by atoms with van der Waals surface area (Å²) in [4.78, 5) is 28.8. The number of carbonyl (C=O) groups excluding carboxylic acids is 2. The van der Waals surface area contributed by atoms with E-state index in [1.165, 1.54) is 18.2 Å². The minimum absolute atomic E-state index is 0.0479. The van der Waals surface area contributed by atoms with Gasteiger partial charge in [-0.3, -0.25) is 14.6 Å². The number of carbonyl (C=O) groups is 2. The van der Waals surface area contributed by atoms with E-state index in [0.717, 1.165) is 11.1 Å². The first-order chi connectivity index (χ1) is 13.5. The fourth-order valence-corrected chi connectivity index (χ4v) is 2.70. The number of rotatable bonds is 6. The smallest absolute Gasteiger partial charge is 0.258 e.